The number of ketones is 1. The van der Waals surface area contributed by atoms with Crippen molar-refractivity contribution in [2.45, 2.75) is 24.4 Å². The van der Waals surface area contributed by atoms with Crippen molar-refractivity contribution in [3.8, 4) is 0 Å². The Hall–Kier alpha value is -3.14. The number of β-lactam (4-membered cyclic amide) rings is 1. The number of ether oxygens (including phenoxy) is 1. The number of thioether (sulfide) groups is 1. The third-order valence-electron chi connectivity index (χ3n) is 5.52. The van der Waals surface area contributed by atoms with Crippen molar-refractivity contribution in [3.05, 3.63) is 83.1 Å². The lowest BCUT2D eigenvalue weighted by atomic mass is 10.0. The first-order valence-electron chi connectivity index (χ1n) is 10.4. The maximum atomic E-state index is 12.9. The molecule has 8 nitrogen and oxygen atoms in total. The Labute approximate surface area is 207 Å². The van der Waals surface area contributed by atoms with E-state index in [2.05, 4.69) is 5.32 Å². The number of hydrogen-bond acceptors (Lipinski definition) is 7. The molecule has 1 fully saturated rings. The normalized spacial score (nSPS) is 19.8. The molecule has 4 rings (SSSR count). The predicted octanol–water partition coefficient (Wildman–Crippen LogP) is 2.21. The van der Waals surface area contributed by atoms with E-state index >= 15 is 0 Å². The fourth-order valence-corrected chi connectivity index (χ4v) is 5.02. The average molecular weight is 502 g/mol. The molecule has 2 aromatic rings. The molecule has 2 aliphatic heterocycles. The quantitative estimate of drug-likeness (QED) is 0.339. The number of rotatable bonds is 7. The van der Waals surface area contributed by atoms with Crippen LogP contribution in [0.15, 0.2) is 71.9 Å². The van der Waals surface area contributed by atoms with Crippen molar-refractivity contribution in [2.75, 3.05) is 12.4 Å². The molecule has 0 spiro atoms. The van der Waals surface area contributed by atoms with Crippen LogP contribution >= 0.6 is 24.2 Å². The van der Waals surface area contributed by atoms with Crippen molar-refractivity contribution < 1.29 is 23.9 Å². The number of fused-ring (bicyclic) bond motifs is 1. The molecule has 0 saturated carbocycles. The van der Waals surface area contributed by atoms with Gasteiger partial charge < -0.3 is 15.8 Å². The minimum absolute atomic E-state index is 0. The average Bonchev–Trinajstić information content (AvgIpc) is 2.85. The highest BCUT2D eigenvalue weighted by molar-refractivity contribution is 8.00. The summed E-state index contributed by atoms with van der Waals surface area (Å²) in [6, 6.07) is 15.7. The fraction of sp³-hybridized carbons (Fsp3) is 0.250. The molecule has 3 N–H and O–H groups in total. The zero-order chi connectivity index (χ0) is 23.5. The Balaban J connectivity index is 0.00000324. The molecule has 0 aromatic heterocycles. The first kappa shape index (κ1) is 25.5. The Bertz CT molecular complexity index is 1130. The van der Waals surface area contributed by atoms with E-state index in [9.17, 15) is 19.2 Å². The predicted molar refractivity (Wildman–Crippen MR) is 130 cm³/mol. The second-order valence-corrected chi connectivity index (χ2v) is 8.88. The molecule has 0 radical (unpaired) electrons. The maximum Gasteiger partial charge on any atom is 0.355 e. The number of nitrogens with one attached hydrogen (secondary N) is 1. The molecule has 2 unspecified atom stereocenters. The van der Waals surface area contributed by atoms with Crippen LogP contribution in [0.2, 0.25) is 0 Å². The number of Topliss-reactive ketones (excluding diaryl/α,β-unsaturated/α-hetero) is 1. The van der Waals surface area contributed by atoms with E-state index in [-0.39, 0.29) is 23.9 Å². The number of amides is 2. The van der Waals surface area contributed by atoms with Crippen molar-refractivity contribution in [1.29, 1.82) is 0 Å². The summed E-state index contributed by atoms with van der Waals surface area (Å²) in [7, 11) is 0. The summed E-state index contributed by atoms with van der Waals surface area (Å²) < 4.78 is 5.22. The number of halogens is 1. The van der Waals surface area contributed by atoms with E-state index in [1.165, 1.54) is 16.7 Å². The number of nitrogens with two attached hydrogens (primary N) is 1. The van der Waals surface area contributed by atoms with Crippen LogP contribution in [0.5, 0.6) is 0 Å². The molecule has 2 heterocycles. The molecule has 1 saturated heterocycles. The Kier molecular flexibility index (Phi) is 8.14. The van der Waals surface area contributed by atoms with Gasteiger partial charge in [0.15, 0.2) is 12.4 Å². The van der Waals surface area contributed by atoms with Crippen LogP contribution in [-0.2, 0) is 19.1 Å². The third kappa shape index (κ3) is 5.01. The summed E-state index contributed by atoms with van der Waals surface area (Å²) in [6.45, 7) is 1.31. The second-order valence-electron chi connectivity index (χ2n) is 7.78. The number of carbonyl (C=O) groups is 4. The largest absolute Gasteiger partial charge is 0.453 e. The van der Waals surface area contributed by atoms with Gasteiger partial charge in [-0.05, 0) is 18.1 Å². The number of carbonyl (C=O) groups excluding carboxylic acids is 4. The van der Waals surface area contributed by atoms with Gasteiger partial charge in [0, 0.05) is 11.3 Å². The Morgan fingerprint density at radius 1 is 1.12 bits per heavy atom. The summed E-state index contributed by atoms with van der Waals surface area (Å²) in [5.74, 6) is -1.46. The van der Waals surface area contributed by atoms with Crippen molar-refractivity contribution in [3.63, 3.8) is 0 Å². The number of esters is 1. The summed E-state index contributed by atoms with van der Waals surface area (Å²) >= 11 is 1.44. The Morgan fingerprint density at radius 2 is 1.74 bits per heavy atom. The van der Waals surface area contributed by atoms with Gasteiger partial charge in [-0.15, -0.1) is 24.2 Å². The summed E-state index contributed by atoms with van der Waals surface area (Å²) in [6.07, 6.45) is 0. The lowest BCUT2D eigenvalue weighted by Gasteiger charge is -2.49. The van der Waals surface area contributed by atoms with Crippen LogP contribution in [0.4, 0.5) is 0 Å². The molecule has 10 heteroatoms. The second kappa shape index (κ2) is 10.9. The molecule has 2 aliphatic rings. The van der Waals surface area contributed by atoms with Crippen LogP contribution < -0.4 is 11.1 Å². The number of nitrogens with zero attached hydrogens (tertiary/aromatic N) is 1. The zero-order valence-electron chi connectivity index (χ0n) is 18.3. The molecule has 2 aromatic carbocycles. The molecule has 178 valence electrons. The van der Waals surface area contributed by atoms with Crippen molar-refractivity contribution in [1.82, 2.24) is 10.2 Å². The molecule has 2 amide bonds. The summed E-state index contributed by atoms with van der Waals surface area (Å²) in [4.78, 5) is 51.8. The summed E-state index contributed by atoms with van der Waals surface area (Å²) in [5.41, 5.74) is 7.91. The number of benzene rings is 2. The molecular formula is C24H24ClN3O5S. The zero-order valence-corrected chi connectivity index (χ0v) is 19.9. The van der Waals surface area contributed by atoms with Crippen LogP contribution in [-0.4, -0.2) is 52.2 Å². The third-order valence-corrected chi connectivity index (χ3v) is 6.95. The molecule has 3 atom stereocenters. The van der Waals surface area contributed by atoms with Gasteiger partial charge in [0.05, 0.1) is 0 Å². The standard InChI is InChI=1S/C24H23N3O5S.ClH/c1-14-13-33-23-19(26-21(29)18(25)16-10-6-3-7-11-16)22(30)27(23)20(14)24(31)32-12-17(28)15-8-4-2-5-9-15;/h2-11,18-19,23H,12-13,25H2,1H3,(H,26,29);1H/t18?,19?,23-;/m0./s1. The van der Waals surface area contributed by atoms with E-state index < -0.39 is 41.8 Å². The lowest BCUT2D eigenvalue weighted by molar-refractivity contribution is -0.152. The van der Waals surface area contributed by atoms with Gasteiger partial charge in [-0.1, -0.05) is 60.7 Å². The van der Waals surface area contributed by atoms with Gasteiger partial charge in [-0.25, -0.2) is 4.79 Å². The molecule has 0 aliphatic carbocycles. The van der Waals surface area contributed by atoms with Gasteiger partial charge in [0.1, 0.15) is 23.2 Å². The van der Waals surface area contributed by atoms with Crippen LogP contribution in [0, 0.1) is 0 Å². The topological polar surface area (TPSA) is 119 Å². The van der Waals surface area contributed by atoms with Gasteiger partial charge >= 0.3 is 5.97 Å². The molecule has 0 bridgehead atoms. The SMILES string of the molecule is CC1=C(C(=O)OCC(=O)c2ccccc2)N2C(=O)C(NC(=O)C(N)c3ccccc3)[C@@H]2SC1.Cl. The fourth-order valence-electron chi connectivity index (χ4n) is 3.72. The van der Waals surface area contributed by atoms with Crippen LogP contribution in [0.1, 0.15) is 28.9 Å². The maximum absolute atomic E-state index is 12.9. The van der Waals surface area contributed by atoms with Gasteiger partial charge in [0.25, 0.3) is 5.91 Å². The minimum atomic E-state index is -0.910. The van der Waals surface area contributed by atoms with Gasteiger partial charge in [-0.3, -0.25) is 19.3 Å². The number of hydrogen-bond donors (Lipinski definition) is 2. The minimum Gasteiger partial charge on any atom is -0.453 e. The summed E-state index contributed by atoms with van der Waals surface area (Å²) in [5, 5.41) is 2.26. The highest BCUT2D eigenvalue weighted by Gasteiger charge is 2.54. The van der Waals surface area contributed by atoms with Crippen LogP contribution in [0.25, 0.3) is 0 Å². The van der Waals surface area contributed by atoms with E-state index in [0.29, 0.717) is 22.5 Å². The first-order chi connectivity index (χ1) is 15.9. The van der Waals surface area contributed by atoms with Crippen molar-refractivity contribution >= 4 is 47.7 Å². The molecule has 34 heavy (non-hydrogen) atoms. The highest BCUT2D eigenvalue weighted by Crippen LogP contribution is 2.40. The van der Waals surface area contributed by atoms with E-state index in [1.54, 1.807) is 61.5 Å². The lowest BCUT2D eigenvalue weighted by Crippen LogP contribution is -2.71. The smallest absolute Gasteiger partial charge is 0.355 e. The van der Waals surface area contributed by atoms with Crippen LogP contribution in [0.3, 0.4) is 0 Å². The highest BCUT2D eigenvalue weighted by atomic mass is 35.5. The van der Waals surface area contributed by atoms with E-state index in [0.717, 1.165) is 0 Å². The van der Waals surface area contributed by atoms with E-state index in [1.807, 2.05) is 6.07 Å². The van der Waals surface area contributed by atoms with Gasteiger partial charge in [0.2, 0.25) is 5.91 Å². The monoisotopic (exact) mass is 501 g/mol. The first-order valence-corrected chi connectivity index (χ1v) is 11.4. The Morgan fingerprint density at radius 3 is 2.38 bits per heavy atom. The van der Waals surface area contributed by atoms with Crippen molar-refractivity contribution in [2.24, 2.45) is 5.73 Å². The molecular weight excluding hydrogens is 478 g/mol. The van der Waals surface area contributed by atoms with E-state index in [4.69, 9.17) is 10.5 Å². The van der Waals surface area contributed by atoms with Gasteiger partial charge in [-0.2, -0.15) is 0 Å².